The minimum atomic E-state index is -4.44. The van der Waals surface area contributed by atoms with E-state index >= 15 is 0 Å². The van der Waals surface area contributed by atoms with E-state index in [2.05, 4.69) is 21.8 Å². The fourth-order valence-electron chi connectivity index (χ4n) is 3.23. The van der Waals surface area contributed by atoms with Crippen LogP contribution in [0.5, 0.6) is 0 Å². The molecule has 0 radical (unpaired) electrons. The van der Waals surface area contributed by atoms with Gasteiger partial charge in [0.1, 0.15) is 17.7 Å². The second-order valence-corrected chi connectivity index (χ2v) is 6.80. The van der Waals surface area contributed by atoms with Gasteiger partial charge in [0, 0.05) is 18.7 Å². The summed E-state index contributed by atoms with van der Waals surface area (Å²) in [6.07, 6.45) is -1.88. The Labute approximate surface area is 172 Å². The molecular weight excluding hydrogens is 397 g/mol. The normalized spacial score (nSPS) is 14.7. The monoisotopic (exact) mass is 418 g/mol. The van der Waals surface area contributed by atoms with Gasteiger partial charge in [-0.2, -0.15) is 13.2 Å². The number of halogens is 3. The molecule has 0 bridgehead atoms. The minimum Gasteiger partial charge on any atom is -0.466 e. The van der Waals surface area contributed by atoms with Crippen LogP contribution in [-0.2, 0) is 15.7 Å². The summed E-state index contributed by atoms with van der Waals surface area (Å²) in [7, 11) is 0. The number of hydrogen-bond acceptors (Lipinski definition) is 6. The van der Waals surface area contributed by atoms with Crippen molar-refractivity contribution >= 4 is 17.5 Å². The highest BCUT2D eigenvalue weighted by atomic mass is 19.4. The molecule has 3 rings (SSSR count). The number of nitrogens with zero attached hydrogens (tertiary/aromatic N) is 3. The molecule has 0 spiro atoms. The number of rotatable bonds is 3. The molecule has 2 aromatic rings. The molecule has 1 fully saturated rings. The summed E-state index contributed by atoms with van der Waals surface area (Å²) >= 11 is 0. The van der Waals surface area contributed by atoms with E-state index in [-0.39, 0.29) is 28.8 Å². The molecule has 1 saturated heterocycles. The van der Waals surface area contributed by atoms with Crippen molar-refractivity contribution in [1.82, 2.24) is 9.97 Å². The molecule has 1 aromatic carbocycles. The average molecular weight is 418 g/mol. The number of piperidine rings is 1. The van der Waals surface area contributed by atoms with E-state index in [1.807, 2.05) is 4.90 Å². The Kier molecular flexibility index (Phi) is 6.45. The fraction of sp³-hybridized carbons (Fsp3) is 0.381. The molecule has 30 heavy (non-hydrogen) atoms. The summed E-state index contributed by atoms with van der Waals surface area (Å²) < 4.78 is 43.6. The molecule has 2 N–H and O–H groups in total. The fourth-order valence-corrected chi connectivity index (χ4v) is 3.23. The van der Waals surface area contributed by atoms with Gasteiger partial charge in [0.2, 0.25) is 0 Å². The van der Waals surface area contributed by atoms with Crippen molar-refractivity contribution in [3.63, 3.8) is 0 Å². The third-order valence-corrected chi connectivity index (χ3v) is 4.79. The van der Waals surface area contributed by atoms with Crippen molar-refractivity contribution in [2.75, 3.05) is 30.3 Å². The molecule has 1 aliphatic heterocycles. The van der Waals surface area contributed by atoms with Gasteiger partial charge in [-0.3, -0.25) is 4.79 Å². The number of nitrogens with two attached hydrogens (primary N) is 1. The van der Waals surface area contributed by atoms with Gasteiger partial charge in [0.05, 0.1) is 18.1 Å². The van der Waals surface area contributed by atoms with Crippen LogP contribution >= 0.6 is 0 Å². The molecule has 0 unspecified atom stereocenters. The van der Waals surface area contributed by atoms with Crippen molar-refractivity contribution < 1.29 is 22.7 Å². The van der Waals surface area contributed by atoms with Crippen molar-refractivity contribution in [3.8, 4) is 11.8 Å². The first-order valence-corrected chi connectivity index (χ1v) is 9.51. The number of benzene rings is 1. The third kappa shape index (κ3) is 5.00. The maximum atomic E-state index is 12.9. The van der Waals surface area contributed by atoms with Gasteiger partial charge in [-0.05, 0) is 43.9 Å². The Balaban J connectivity index is 1.76. The van der Waals surface area contributed by atoms with Crippen LogP contribution in [0.1, 0.15) is 36.6 Å². The summed E-state index contributed by atoms with van der Waals surface area (Å²) in [5.74, 6) is 5.58. The van der Waals surface area contributed by atoms with E-state index in [0.717, 1.165) is 12.1 Å². The summed E-state index contributed by atoms with van der Waals surface area (Å²) in [5.41, 5.74) is 6.12. The predicted octanol–water partition coefficient (Wildman–Crippen LogP) is 3.26. The highest BCUT2D eigenvalue weighted by Crippen LogP contribution is 2.30. The number of ether oxygens (including phenoxy) is 1. The molecule has 1 aliphatic rings. The Morgan fingerprint density at radius 3 is 2.67 bits per heavy atom. The van der Waals surface area contributed by atoms with E-state index in [0.29, 0.717) is 38.4 Å². The highest BCUT2D eigenvalue weighted by Gasteiger charge is 2.30. The van der Waals surface area contributed by atoms with Crippen molar-refractivity contribution in [2.24, 2.45) is 5.92 Å². The number of carbonyl (C=O) groups excluding carboxylic acids is 1. The lowest BCUT2D eigenvalue weighted by Crippen LogP contribution is -2.38. The van der Waals surface area contributed by atoms with Gasteiger partial charge >= 0.3 is 12.1 Å². The Morgan fingerprint density at radius 2 is 2.00 bits per heavy atom. The molecule has 0 atom stereocenters. The molecule has 0 aliphatic carbocycles. The third-order valence-electron chi connectivity index (χ3n) is 4.79. The zero-order valence-electron chi connectivity index (χ0n) is 16.4. The standard InChI is InChI=1S/C21H21F3N4O2/c1-2-30-20(29)15-8-10-28(11-9-15)19-18(25)17(26-13-27-19)7-6-14-4-3-5-16(12-14)21(22,23)24/h3-5,12-13,15H,2,8-11,25H2,1H3. The van der Waals surface area contributed by atoms with E-state index in [1.54, 1.807) is 6.92 Å². The first-order chi connectivity index (χ1) is 14.3. The topological polar surface area (TPSA) is 81.3 Å². The SMILES string of the molecule is CCOC(=O)C1CCN(c2ncnc(C#Cc3cccc(C(F)(F)F)c3)c2N)CC1. The van der Waals surface area contributed by atoms with Crippen molar-refractivity contribution in [2.45, 2.75) is 25.9 Å². The van der Waals surface area contributed by atoms with Crippen LogP contribution in [0, 0.1) is 17.8 Å². The molecule has 9 heteroatoms. The molecule has 0 saturated carbocycles. The van der Waals surface area contributed by atoms with E-state index in [1.165, 1.54) is 18.5 Å². The van der Waals surface area contributed by atoms with Gasteiger partial charge in [-0.15, -0.1) is 0 Å². The van der Waals surface area contributed by atoms with E-state index in [9.17, 15) is 18.0 Å². The van der Waals surface area contributed by atoms with Crippen LogP contribution in [0.25, 0.3) is 0 Å². The predicted molar refractivity (Wildman–Crippen MR) is 105 cm³/mol. The van der Waals surface area contributed by atoms with Gasteiger partial charge in [-0.25, -0.2) is 9.97 Å². The largest absolute Gasteiger partial charge is 0.466 e. The zero-order chi connectivity index (χ0) is 21.7. The van der Waals surface area contributed by atoms with Crippen LogP contribution in [0.15, 0.2) is 30.6 Å². The highest BCUT2D eigenvalue weighted by molar-refractivity contribution is 5.73. The molecule has 0 amide bonds. The number of alkyl halides is 3. The van der Waals surface area contributed by atoms with Crippen LogP contribution in [0.4, 0.5) is 24.7 Å². The maximum Gasteiger partial charge on any atom is 0.416 e. The van der Waals surface area contributed by atoms with Gasteiger partial charge in [-0.1, -0.05) is 12.0 Å². The summed E-state index contributed by atoms with van der Waals surface area (Å²) in [6.45, 7) is 3.28. The van der Waals surface area contributed by atoms with E-state index in [4.69, 9.17) is 10.5 Å². The first-order valence-electron chi connectivity index (χ1n) is 9.51. The lowest BCUT2D eigenvalue weighted by atomic mass is 9.97. The molecule has 158 valence electrons. The van der Waals surface area contributed by atoms with Crippen LogP contribution in [0.2, 0.25) is 0 Å². The number of aromatic nitrogens is 2. The smallest absolute Gasteiger partial charge is 0.416 e. The number of anilines is 2. The minimum absolute atomic E-state index is 0.149. The second kappa shape index (κ2) is 9.03. The molecule has 2 heterocycles. The first kappa shape index (κ1) is 21.4. The summed E-state index contributed by atoms with van der Waals surface area (Å²) in [6, 6.07) is 4.75. The van der Waals surface area contributed by atoms with E-state index < -0.39 is 11.7 Å². The van der Waals surface area contributed by atoms with Crippen LogP contribution in [0.3, 0.4) is 0 Å². The van der Waals surface area contributed by atoms with Crippen molar-refractivity contribution in [1.29, 1.82) is 0 Å². The van der Waals surface area contributed by atoms with Crippen LogP contribution < -0.4 is 10.6 Å². The quantitative estimate of drug-likeness (QED) is 0.609. The summed E-state index contributed by atoms with van der Waals surface area (Å²) in [5, 5.41) is 0. The lowest BCUT2D eigenvalue weighted by molar-refractivity contribution is -0.148. The zero-order valence-corrected chi connectivity index (χ0v) is 16.4. The number of carbonyl (C=O) groups is 1. The number of hydrogen-bond donors (Lipinski definition) is 1. The number of esters is 1. The van der Waals surface area contributed by atoms with Gasteiger partial charge < -0.3 is 15.4 Å². The van der Waals surface area contributed by atoms with Gasteiger partial charge in [0.25, 0.3) is 0 Å². The Morgan fingerprint density at radius 1 is 1.27 bits per heavy atom. The summed E-state index contributed by atoms with van der Waals surface area (Å²) in [4.78, 5) is 22.1. The van der Waals surface area contributed by atoms with Gasteiger partial charge in [0.15, 0.2) is 5.82 Å². The second-order valence-electron chi connectivity index (χ2n) is 6.80. The Hall–Kier alpha value is -3.28. The average Bonchev–Trinajstić information content (AvgIpc) is 2.73. The maximum absolute atomic E-state index is 12.9. The molecule has 6 nitrogen and oxygen atoms in total. The lowest BCUT2D eigenvalue weighted by Gasteiger charge is -2.32. The molecule has 1 aromatic heterocycles. The molecular formula is C21H21F3N4O2. The Bertz CT molecular complexity index is 974. The van der Waals surface area contributed by atoms with Crippen LogP contribution in [-0.4, -0.2) is 35.6 Å². The number of nitrogen functional groups attached to an aromatic ring is 1. The van der Waals surface area contributed by atoms with Crippen molar-refractivity contribution in [3.05, 3.63) is 47.4 Å².